The van der Waals surface area contributed by atoms with Crippen LogP contribution in [0, 0.1) is 0 Å². The molecule has 11 heteroatoms. The van der Waals surface area contributed by atoms with Crippen LogP contribution in [0.3, 0.4) is 0 Å². The molecule has 83 heavy (non-hydrogen) atoms. The van der Waals surface area contributed by atoms with Crippen LogP contribution >= 0.6 is 0 Å². The Balaban J connectivity index is 2.62. The minimum Gasteiger partial charge on any atom is -0.454 e. The molecule has 8 unspecified atom stereocenters. The third kappa shape index (κ3) is 46.7. The molecule has 1 fully saturated rings. The number of nitrogens with one attached hydrogen (secondary N) is 1. The Labute approximate surface area is 508 Å². The number of hydrogen-bond acceptors (Lipinski definition) is 10. The van der Waals surface area contributed by atoms with Crippen LogP contribution in [-0.4, -0.2) is 99.6 Å². The van der Waals surface area contributed by atoms with Crippen molar-refractivity contribution in [1.82, 2.24) is 5.32 Å². The Morgan fingerprint density at radius 3 is 1.27 bits per heavy atom. The number of amides is 1. The van der Waals surface area contributed by atoms with Gasteiger partial charge in [-0.1, -0.05) is 279 Å². The van der Waals surface area contributed by atoms with Crippen LogP contribution in [0.15, 0.2) is 85.1 Å². The Kier molecular flexibility index (Phi) is 55.5. The van der Waals surface area contributed by atoms with E-state index in [1.54, 1.807) is 6.08 Å². The molecule has 1 saturated heterocycles. The zero-order valence-corrected chi connectivity index (χ0v) is 53.3. The Morgan fingerprint density at radius 1 is 0.470 bits per heavy atom. The summed E-state index contributed by atoms with van der Waals surface area (Å²) in [5.74, 6) is -1.25. The first kappa shape index (κ1) is 77.9. The lowest BCUT2D eigenvalue weighted by Crippen LogP contribution is -2.61. The number of ether oxygens (including phenoxy) is 3. The average molecular weight is 1170 g/mol. The molecule has 1 heterocycles. The van der Waals surface area contributed by atoms with Crippen LogP contribution in [0.5, 0.6) is 0 Å². The van der Waals surface area contributed by atoms with Gasteiger partial charge in [0.1, 0.15) is 24.4 Å². The molecule has 0 bridgehead atoms. The van der Waals surface area contributed by atoms with E-state index in [0.717, 1.165) is 77.0 Å². The second kappa shape index (κ2) is 59.2. The van der Waals surface area contributed by atoms with Crippen molar-refractivity contribution < 1.29 is 49.3 Å². The Bertz CT molecular complexity index is 1670. The smallest absolute Gasteiger partial charge is 0.306 e. The van der Waals surface area contributed by atoms with Crippen molar-refractivity contribution >= 4 is 11.9 Å². The van der Waals surface area contributed by atoms with Crippen LogP contribution in [0.2, 0.25) is 0 Å². The molecule has 0 spiro atoms. The predicted octanol–water partition coefficient (Wildman–Crippen LogP) is 17.3. The average Bonchev–Trinajstić information content (AvgIpc) is 3.67. The first-order valence-corrected chi connectivity index (χ1v) is 34.4. The lowest BCUT2D eigenvalue weighted by atomic mass is 9.99. The van der Waals surface area contributed by atoms with E-state index in [0.29, 0.717) is 12.8 Å². The van der Waals surface area contributed by atoms with E-state index in [2.05, 4.69) is 86.8 Å². The first-order chi connectivity index (χ1) is 40.7. The summed E-state index contributed by atoms with van der Waals surface area (Å²) in [6.07, 6.45) is 67.8. The number of carbonyl (C=O) groups excluding carboxylic acids is 2. The summed E-state index contributed by atoms with van der Waals surface area (Å²) in [5.41, 5.74) is 0. The van der Waals surface area contributed by atoms with Crippen LogP contribution in [0.25, 0.3) is 0 Å². The molecular weight excluding hydrogens is 1040 g/mol. The molecule has 8 atom stereocenters. The minimum atomic E-state index is -1.63. The van der Waals surface area contributed by atoms with Crippen molar-refractivity contribution in [2.45, 2.75) is 346 Å². The summed E-state index contributed by atoms with van der Waals surface area (Å²) in [7, 11) is 0. The SMILES string of the molecule is CCCCC/C=C\C/C=C\C/C=C\C/C=C\CCC(O)C(=O)NC(COC1OC(CO)C(O)C(O)C1OC(=O)CCCCCCCCCCCCCCCCC/C=C\C/C=C\CCCCC)C(O)/C=C/CCCCCCCCCCCCC. The number of allylic oxidation sites excluding steroid dienone is 13. The summed E-state index contributed by atoms with van der Waals surface area (Å²) in [6, 6.07) is -1.06. The zero-order valence-electron chi connectivity index (χ0n) is 53.3. The third-order valence-corrected chi connectivity index (χ3v) is 15.8. The molecule has 6 N–H and O–H groups in total. The van der Waals surface area contributed by atoms with Gasteiger partial charge in [0.05, 0.1) is 25.4 Å². The monoisotopic (exact) mass is 1170 g/mol. The summed E-state index contributed by atoms with van der Waals surface area (Å²) in [4.78, 5) is 26.6. The van der Waals surface area contributed by atoms with E-state index < -0.39 is 67.4 Å². The molecule has 1 aliphatic rings. The molecule has 0 aromatic rings. The highest BCUT2D eigenvalue weighted by molar-refractivity contribution is 5.80. The molecule has 1 amide bonds. The van der Waals surface area contributed by atoms with Gasteiger partial charge in [0, 0.05) is 6.42 Å². The lowest BCUT2D eigenvalue weighted by molar-refractivity contribution is -0.305. The van der Waals surface area contributed by atoms with E-state index >= 15 is 0 Å². The molecule has 0 aromatic carbocycles. The van der Waals surface area contributed by atoms with Crippen molar-refractivity contribution in [2.75, 3.05) is 13.2 Å². The Morgan fingerprint density at radius 2 is 0.831 bits per heavy atom. The van der Waals surface area contributed by atoms with Crippen molar-refractivity contribution in [1.29, 1.82) is 0 Å². The lowest BCUT2D eigenvalue weighted by Gasteiger charge is -2.41. The fourth-order valence-electron chi connectivity index (χ4n) is 10.3. The molecule has 480 valence electrons. The van der Waals surface area contributed by atoms with Gasteiger partial charge in [-0.25, -0.2) is 0 Å². The van der Waals surface area contributed by atoms with E-state index in [1.807, 2.05) is 18.2 Å². The van der Waals surface area contributed by atoms with Crippen molar-refractivity contribution in [3.05, 3.63) is 85.1 Å². The molecule has 0 saturated carbocycles. The molecule has 1 rings (SSSR count). The number of carbonyl (C=O) groups is 2. The fraction of sp³-hybridized carbons (Fsp3) is 0.778. The molecule has 1 aliphatic heterocycles. The van der Waals surface area contributed by atoms with Crippen LogP contribution in [-0.2, 0) is 23.8 Å². The van der Waals surface area contributed by atoms with Gasteiger partial charge >= 0.3 is 5.97 Å². The van der Waals surface area contributed by atoms with Crippen molar-refractivity contribution in [3.63, 3.8) is 0 Å². The van der Waals surface area contributed by atoms with Crippen LogP contribution in [0.1, 0.15) is 297 Å². The summed E-state index contributed by atoms with van der Waals surface area (Å²) >= 11 is 0. The molecular formula is C72H127NO10. The van der Waals surface area contributed by atoms with Gasteiger partial charge in [-0.05, 0) is 96.3 Å². The quantitative estimate of drug-likeness (QED) is 0.0195. The van der Waals surface area contributed by atoms with Crippen LogP contribution in [0.4, 0.5) is 0 Å². The Hall–Kier alpha value is -3.16. The number of unbranched alkanes of at least 4 members (excludes halogenated alkanes) is 32. The highest BCUT2D eigenvalue weighted by Gasteiger charge is 2.47. The van der Waals surface area contributed by atoms with Gasteiger partial charge in [0.25, 0.3) is 0 Å². The van der Waals surface area contributed by atoms with Crippen molar-refractivity contribution in [2.24, 2.45) is 0 Å². The third-order valence-electron chi connectivity index (χ3n) is 15.8. The number of rotatable bonds is 58. The molecule has 11 nitrogen and oxygen atoms in total. The highest BCUT2D eigenvalue weighted by Crippen LogP contribution is 2.26. The maximum atomic E-state index is 13.4. The van der Waals surface area contributed by atoms with E-state index in [-0.39, 0.29) is 19.4 Å². The number of hydrogen-bond donors (Lipinski definition) is 6. The molecule has 0 aromatic heterocycles. The van der Waals surface area contributed by atoms with Crippen LogP contribution < -0.4 is 5.32 Å². The summed E-state index contributed by atoms with van der Waals surface area (Å²) < 4.78 is 17.7. The number of aliphatic hydroxyl groups excluding tert-OH is 5. The zero-order chi connectivity index (χ0) is 60.3. The van der Waals surface area contributed by atoms with Gasteiger partial charge in [-0.15, -0.1) is 0 Å². The summed E-state index contributed by atoms with van der Waals surface area (Å²) in [6.45, 7) is 5.72. The standard InChI is InChI=1S/C72H127NO10/c1-4-7-10-13-16-19-22-25-27-29-30-31-32-33-34-35-36-37-39-42-45-48-51-54-57-60-67(77)83-70-69(79)68(78)66(61-74)82-72(70)81-62-63(64(75)58-55-52-49-46-43-40-24-21-18-15-12-9-6-3)73-71(80)65(76)59-56-53-50-47-44-41-38-28-26-23-20-17-14-11-8-5-2/h16-17,19-20,25-28,41,44,50,53,55,58,63-66,68-70,72,74-76,78-79H,4-15,18,21-24,29-40,42-43,45-49,51-52,54,56-57,59-62H2,1-3H3,(H,73,80)/b19-16-,20-17-,27-25-,28-26-,44-41-,53-50-,58-55+. The molecule has 0 aliphatic carbocycles. The molecule has 0 radical (unpaired) electrons. The van der Waals surface area contributed by atoms with Gasteiger partial charge in [0.2, 0.25) is 5.91 Å². The van der Waals surface area contributed by atoms with Gasteiger partial charge in [-0.3, -0.25) is 9.59 Å². The second-order valence-electron chi connectivity index (χ2n) is 23.6. The van der Waals surface area contributed by atoms with E-state index in [9.17, 15) is 35.1 Å². The summed E-state index contributed by atoms with van der Waals surface area (Å²) in [5, 5.41) is 57.1. The fourth-order valence-corrected chi connectivity index (χ4v) is 10.3. The normalized spacial score (nSPS) is 19.1. The number of aliphatic hydroxyl groups is 5. The van der Waals surface area contributed by atoms with Gasteiger partial charge < -0.3 is 45.1 Å². The maximum absolute atomic E-state index is 13.4. The highest BCUT2D eigenvalue weighted by atomic mass is 16.7. The van der Waals surface area contributed by atoms with E-state index in [1.165, 1.54) is 173 Å². The maximum Gasteiger partial charge on any atom is 0.306 e. The predicted molar refractivity (Wildman–Crippen MR) is 347 cm³/mol. The minimum absolute atomic E-state index is 0.115. The van der Waals surface area contributed by atoms with Gasteiger partial charge in [-0.2, -0.15) is 0 Å². The van der Waals surface area contributed by atoms with Crippen molar-refractivity contribution in [3.8, 4) is 0 Å². The second-order valence-corrected chi connectivity index (χ2v) is 23.6. The largest absolute Gasteiger partial charge is 0.454 e. The topological polar surface area (TPSA) is 175 Å². The van der Waals surface area contributed by atoms with Gasteiger partial charge in [0.15, 0.2) is 12.4 Å². The number of esters is 1. The van der Waals surface area contributed by atoms with E-state index in [4.69, 9.17) is 14.2 Å². The first-order valence-electron chi connectivity index (χ1n) is 34.4.